The molecule has 0 saturated heterocycles. The summed E-state index contributed by atoms with van der Waals surface area (Å²) < 4.78 is 11.8. The first-order valence-corrected chi connectivity index (χ1v) is 10.3. The molecule has 1 amide bonds. The molecule has 0 aliphatic carbocycles. The average molecular weight is 500 g/mol. The highest BCUT2D eigenvalue weighted by atomic mass is 79.9. The largest absolute Gasteiger partial charge is 0.484 e. The van der Waals surface area contributed by atoms with Gasteiger partial charge in [0, 0.05) is 21.0 Å². The fourth-order valence-electron chi connectivity index (χ4n) is 1.99. The summed E-state index contributed by atoms with van der Waals surface area (Å²) in [4.78, 5) is 12.8. The van der Waals surface area contributed by atoms with Gasteiger partial charge in [0.15, 0.2) is 11.7 Å². The van der Waals surface area contributed by atoms with Crippen LogP contribution in [0.4, 0.5) is 0 Å². The first-order chi connectivity index (χ1) is 13.5. The number of halogens is 3. The Morgan fingerprint density at radius 2 is 1.79 bits per heavy atom. The van der Waals surface area contributed by atoms with Gasteiger partial charge in [0.05, 0.1) is 10.7 Å². The standard InChI is InChI=1S/C19H13BrCl2N2O3S/c20-17-9-15(27-19(17)28-16-7-3-13(22)4-8-16)10-23-24-18(25)11-26-14-5-1-12(21)2-6-14/h1-10H,11H2,(H,24,25)/b23-10-. The highest BCUT2D eigenvalue weighted by molar-refractivity contribution is 9.10. The van der Waals surface area contributed by atoms with Crippen molar-refractivity contribution >= 4 is 63.0 Å². The number of hydrogen-bond acceptors (Lipinski definition) is 5. The molecule has 0 aliphatic heterocycles. The van der Waals surface area contributed by atoms with Crippen LogP contribution in [-0.2, 0) is 4.79 Å². The molecule has 0 saturated carbocycles. The quantitative estimate of drug-likeness (QED) is 0.318. The Morgan fingerprint density at radius 3 is 2.46 bits per heavy atom. The first-order valence-electron chi connectivity index (χ1n) is 7.92. The van der Waals surface area contributed by atoms with Crippen molar-refractivity contribution in [2.24, 2.45) is 5.10 Å². The number of benzene rings is 2. The molecule has 5 nitrogen and oxygen atoms in total. The Morgan fingerprint density at radius 1 is 1.14 bits per heavy atom. The smallest absolute Gasteiger partial charge is 0.277 e. The molecule has 2 aromatic carbocycles. The molecule has 0 atom stereocenters. The van der Waals surface area contributed by atoms with Crippen molar-refractivity contribution in [2.45, 2.75) is 9.99 Å². The molecule has 144 valence electrons. The number of furan rings is 1. The molecular formula is C19H13BrCl2N2O3S. The molecule has 0 radical (unpaired) electrons. The number of hydrazone groups is 1. The minimum atomic E-state index is -0.396. The third-order valence-corrected chi connectivity index (χ3v) is 5.62. The van der Waals surface area contributed by atoms with E-state index in [1.54, 1.807) is 30.3 Å². The van der Waals surface area contributed by atoms with E-state index in [4.69, 9.17) is 32.4 Å². The predicted molar refractivity (Wildman–Crippen MR) is 115 cm³/mol. The van der Waals surface area contributed by atoms with Crippen molar-refractivity contribution in [1.82, 2.24) is 5.43 Å². The minimum Gasteiger partial charge on any atom is -0.484 e. The number of nitrogens with zero attached hydrogens (tertiary/aromatic N) is 1. The first kappa shape index (κ1) is 20.8. The van der Waals surface area contributed by atoms with Crippen LogP contribution >= 0.6 is 50.9 Å². The summed E-state index contributed by atoms with van der Waals surface area (Å²) in [6.07, 6.45) is 1.41. The van der Waals surface area contributed by atoms with Crippen LogP contribution in [0.15, 0.2) is 78.6 Å². The topological polar surface area (TPSA) is 63.8 Å². The Bertz CT molecular complexity index is 976. The molecule has 0 unspecified atom stereocenters. The van der Waals surface area contributed by atoms with Gasteiger partial charge in [-0.15, -0.1) is 0 Å². The highest BCUT2D eigenvalue weighted by Gasteiger charge is 2.10. The number of rotatable bonds is 7. The third-order valence-electron chi connectivity index (χ3n) is 3.26. The molecular weight excluding hydrogens is 487 g/mol. The van der Waals surface area contributed by atoms with Crippen LogP contribution in [-0.4, -0.2) is 18.7 Å². The van der Waals surface area contributed by atoms with Crippen LogP contribution in [0.3, 0.4) is 0 Å². The second kappa shape index (κ2) is 10.0. The summed E-state index contributed by atoms with van der Waals surface area (Å²) in [7, 11) is 0. The van der Waals surface area contributed by atoms with E-state index < -0.39 is 5.91 Å². The normalized spacial score (nSPS) is 11.0. The Kier molecular flexibility index (Phi) is 7.44. The van der Waals surface area contributed by atoms with Crippen LogP contribution in [0.1, 0.15) is 5.76 Å². The number of carbonyl (C=O) groups is 1. The second-order valence-electron chi connectivity index (χ2n) is 5.38. The van der Waals surface area contributed by atoms with Crippen LogP contribution in [0, 0.1) is 0 Å². The van der Waals surface area contributed by atoms with Crippen LogP contribution < -0.4 is 10.2 Å². The van der Waals surface area contributed by atoms with Gasteiger partial charge < -0.3 is 9.15 Å². The molecule has 1 heterocycles. The monoisotopic (exact) mass is 498 g/mol. The van der Waals surface area contributed by atoms with Crippen LogP contribution in [0.25, 0.3) is 0 Å². The summed E-state index contributed by atoms with van der Waals surface area (Å²) in [5.74, 6) is 0.636. The lowest BCUT2D eigenvalue weighted by molar-refractivity contribution is -0.123. The summed E-state index contributed by atoms with van der Waals surface area (Å²) in [5.41, 5.74) is 2.38. The van der Waals surface area contributed by atoms with Gasteiger partial charge in [0.1, 0.15) is 11.5 Å². The summed E-state index contributed by atoms with van der Waals surface area (Å²) in [6, 6.07) is 15.9. The molecule has 0 fully saturated rings. The van der Waals surface area contributed by atoms with E-state index in [9.17, 15) is 4.79 Å². The van der Waals surface area contributed by atoms with Gasteiger partial charge in [-0.25, -0.2) is 5.43 Å². The van der Waals surface area contributed by atoms with Gasteiger partial charge in [-0.05, 0) is 64.5 Å². The molecule has 1 aromatic heterocycles. The Hall–Kier alpha value is -1.93. The van der Waals surface area contributed by atoms with Gasteiger partial charge in [0.2, 0.25) is 0 Å². The molecule has 3 rings (SSSR count). The van der Waals surface area contributed by atoms with Gasteiger partial charge in [-0.2, -0.15) is 5.10 Å². The van der Waals surface area contributed by atoms with Crippen molar-refractivity contribution in [3.8, 4) is 5.75 Å². The van der Waals surface area contributed by atoms with Crippen molar-refractivity contribution < 1.29 is 13.9 Å². The highest BCUT2D eigenvalue weighted by Crippen LogP contribution is 2.35. The lowest BCUT2D eigenvalue weighted by Gasteiger charge is -2.04. The Balaban J connectivity index is 1.50. The lowest BCUT2D eigenvalue weighted by atomic mass is 10.3. The van der Waals surface area contributed by atoms with E-state index in [2.05, 4.69) is 26.5 Å². The lowest BCUT2D eigenvalue weighted by Crippen LogP contribution is -2.24. The van der Waals surface area contributed by atoms with Crippen molar-refractivity contribution in [2.75, 3.05) is 6.61 Å². The SMILES string of the molecule is O=C(COc1ccc(Cl)cc1)N/N=C\c1cc(Br)c(Sc2ccc(Cl)cc2)o1. The summed E-state index contributed by atoms with van der Waals surface area (Å²) >= 11 is 16.6. The van der Waals surface area contributed by atoms with E-state index >= 15 is 0 Å². The van der Waals surface area contributed by atoms with Gasteiger partial charge in [-0.3, -0.25) is 4.79 Å². The number of nitrogens with one attached hydrogen (secondary N) is 1. The fourth-order valence-corrected chi connectivity index (χ4v) is 3.57. The predicted octanol–water partition coefficient (Wildman–Crippen LogP) is 6.03. The number of carbonyl (C=O) groups excluding carboxylic acids is 1. The van der Waals surface area contributed by atoms with E-state index in [-0.39, 0.29) is 6.61 Å². The minimum absolute atomic E-state index is 0.168. The van der Waals surface area contributed by atoms with Gasteiger partial charge in [-0.1, -0.05) is 35.0 Å². The number of hydrogen-bond donors (Lipinski definition) is 1. The molecule has 9 heteroatoms. The van der Waals surface area contributed by atoms with E-state index in [1.807, 2.05) is 24.3 Å². The average Bonchev–Trinajstić information content (AvgIpc) is 3.02. The maximum absolute atomic E-state index is 11.8. The molecule has 28 heavy (non-hydrogen) atoms. The fraction of sp³-hybridized carbons (Fsp3) is 0.0526. The van der Waals surface area contributed by atoms with Gasteiger partial charge >= 0.3 is 0 Å². The second-order valence-corrected chi connectivity index (χ2v) is 8.15. The van der Waals surface area contributed by atoms with Crippen molar-refractivity contribution in [1.29, 1.82) is 0 Å². The third kappa shape index (κ3) is 6.31. The molecule has 0 aliphatic rings. The molecule has 1 N–H and O–H groups in total. The maximum Gasteiger partial charge on any atom is 0.277 e. The summed E-state index contributed by atoms with van der Waals surface area (Å²) in [6.45, 7) is -0.168. The van der Waals surface area contributed by atoms with Crippen LogP contribution in [0.5, 0.6) is 5.75 Å². The molecule has 3 aromatic rings. The van der Waals surface area contributed by atoms with Crippen molar-refractivity contribution in [3.05, 3.63) is 74.9 Å². The number of amides is 1. The van der Waals surface area contributed by atoms with Crippen LogP contribution in [0.2, 0.25) is 10.0 Å². The van der Waals surface area contributed by atoms with Crippen molar-refractivity contribution in [3.63, 3.8) is 0 Å². The van der Waals surface area contributed by atoms with E-state index in [0.717, 1.165) is 9.37 Å². The number of ether oxygens (including phenoxy) is 1. The maximum atomic E-state index is 11.8. The van der Waals surface area contributed by atoms with E-state index in [0.29, 0.717) is 26.6 Å². The van der Waals surface area contributed by atoms with E-state index in [1.165, 1.54) is 18.0 Å². The molecule has 0 spiro atoms. The Labute approximate surface area is 184 Å². The summed E-state index contributed by atoms with van der Waals surface area (Å²) in [5, 5.41) is 5.81. The zero-order valence-electron chi connectivity index (χ0n) is 14.2. The van der Waals surface area contributed by atoms with Gasteiger partial charge in [0.25, 0.3) is 5.91 Å². The zero-order valence-corrected chi connectivity index (χ0v) is 18.1. The molecule has 0 bridgehead atoms. The zero-order chi connectivity index (χ0) is 19.9.